The Labute approximate surface area is 85.7 Å². The van der Waals surface area contributed by atoms with Gasteiger partial charge in [0.15, 0.2) is 0 Å². The summed E-state index contributed by atoms with van der Waals surface area (Å²) in [6.45, 7) is 4.07. The third-order valence-electron chi connectivity index (χ3n) is 1.48. The van der Waals surface area contributed by atoms with Gasteiger partial charge in [0.05, 0.1) is 6.10 Å². The van der Waals surface area contributed by atoms with Crippen LogP contribution >= 0.6 is 22.6 Å². The SMILES string of the molecule is CCC(C)Oc1ncc(I)cn1. The van der Waals surface area contributed by atoms with E-state index in [2.05, 4.69) is 39.5 Å². The maximum Gasteiger partial charge on any atom is 0.316 e. The summed E-state index contributed by atoms with van der Waals surface area (Å²) in [5.74, 6) is 0. The molecule has 0 aromatic carbocycles. The lowest BCUT2D eigenvalue weighted by atomic mass is 10.3. The van der Waals surface area contributed by atoms with Crippen molar-refractivity contribution in [3.05, 3.63) is 16.0 Å². The molecule has 0 amide bonds. The minimum Gasteiger partial charge on any atom is -0.460 e. The highest BCUT2D eigenvalue weighted by molar-refractivity contribution is 14.1. The highest BCUT2D eigenvalue weighted by Gasteiger charge is 2.02. The van der Waals surface area contributed by atoms with Crippen molar-refractivity contribution in [3.8, 4) is 6.01 Å². The molecule has 66 valence electrons. The summed E-state index contributed by atoms with van der Waals surface area (Å²) in [7, 11) is 0. The van der Waals surface area contributed by atoms with Gasteiger partial charge in [-0.1, -0.05) is 6.92 Å². The van der Waals surface area contributed by atoms with Crippen LogP contribution in [-0.2, 0) is 0 Å². The second kappa shape index (κ2) is 4.59. The second-order valence-electron chi connectivity index (χ2n) is 2.52. The number of nitrogens with zero attached hydrogens (tertiary/aromatic N) is 2. The minimum absolute atomic E-state index is 0.185. The van der Waals surface area contributed by atoms with E-state index >= 15 is 0 Å². The summed E-state index contributed by atoms with van der Waals surface area (Å²) in [5, 5.41) is 0. The summed E-state index contributed by atoms with van der Waals surface area (Å²) >= 11 is 2.16. The number of ether oxygens (including phenoxy) is 1. The molecule has 1 rings (SSSR count). The summed E-state index contributed by atoms with van der Waals surface area (Å²) in [4.78, 5) is 8.05. The first kappa shape index (κ1) is 9.70. The molecular formula is C8H11IN2O. The molecule has 1 aromatic heterocycles. The maximum atomic E-state index is 5.39. The van der Waals surface area contributed by atoms with Crippen LogP contribution in [-0.4, -0.2) is 16.1 Å². The van der Waals surface area contributed by atoms with Crippen molar-refractivity contribution in [2.45, 2.75) is 26.4 Å². The van der Waals surface area contributed by atoms with Crippen LogP contribution in [0.25, 0.3) is 0 Å². The van der Waals surface area contributed by atoms with E-state index in [1.165, 1.54) is 0 Å². The molecule has 1 aromatic rings. The van der Waals surface area contributed by atoms with Crippen molar-refractivity contribution in [3.63, 3.8) is 0 Å². The average molecular weight is 278 g/mol. The van der Waals surface area contributed by atoms with Gasteiger partial charge in [-0.05, 0) is 35.9 Å². The fourth-order valence-electron chi connectivity index (χ4n) is 0.625. The van der Waals surface area contributed by atoms with Gasteiger partial charge in [-0.25, -0.2) is 9.97 Å². The predicted octanol–water partition coefficient (Wildman–Crippen LogP) is 2.26. The zero-order chi connectivity index (χ0) is 8.97. The fraction of sp³-hybridized carbons (Fsp3) is 0.500. The molecule has 4 heteroatoms. The molecule has 0 N–H and O–H groups in total. The van der Waals surface area contributed by atoms with Gasteiger partial charge in [0.25, 0.3) is 0 Å². The molecule has 0 aliphatic rings. The molecule has 1 heterocycles. The number of rotatable bonds is 3. The normalized spacial score (nSPS) is 12.6. The molecule has 0 saturated heterocycles. The van der Waals surface area contributed by atoms with E-state index in [1.807, 2.05) is 6.92 Å². The molecule has 0 bridgehead atoms. The Hall–Kier alpha value is -0.390. The van der Waals surface area contributed by atoms with E-state index in [9.17, 15) is 0 Å². The van der Waals surface area contributed by atoms with Crippen molar-refractivity contribution >= 4 is 22.6 Å². The van der Waals surface area contributed by atoms with Crippen molar-refractivity contribution in [1.29, 1.82) is 0 Å². The van der Waals surface area contributed by atoms with Crippen LogP contribution in [0.1, 0.15) is 20.3 Å². The number of halogens is 1. The molecular weight excluding hydrogens is 267 g/mol. The fourth-order valence-corrected chi connectivity index (χ4v) is 0.903. The van der Waals surface area contributed by atoms with Crippen molar-refractivity contribution in [2.24, 2.45) is 0 Å². The van der Waals surface area contributed by atoms with Crippen LogP contribution in [0.4, 0.5) is 0 Å². The maximum absolute atomic E-state index is 5.39. The van der Waals surface area contributed by atoms with Gasteiger partial charge >= 0.3 is 6.01 Å². The lowest BCUT2D eigenvalue weighted by molar-refractivity contribution is 0.199. The van der Waals surface area contributed by atoms with E-state index in [0.29, 0.717) is 6.01 Å². The third kappa shape index (κ3) is 2.92. The Balaban J connectivity index is 2.58. The molecule has 0 fully saturated rings. The summed E-state index contributed by atoms with van der Waals surface area (Å²) < 4.78 is 6.41. The lowest BCUT2D eigenvalue weighted by Crippen LogP contribution is -2.11. The zero-order valence-electron chi connectivity index (χ0n) is 7.12. The quantitative estimate of drug-likeness (QED) is 0.795. The van der Waals surface area contributed by atoms with Crippen LogP contribution in [0, 0.1) is 3.57 Å². The first-order valence-corrected chi connectivity index (χ1v) is 4.94. The van der Waals surface area contributed by atoms with E-state index in [0.717, 1.165) is 9.99 Å². The van der Waals surface area contributed by atoms with Gasteiger partial charge in [-0.2, -0.15) is 0 Å². The van der Waals surface area contributed by atoms with Gasteiger partial charge in [0, 0.05) is 16.0 Å². The lowest BCUT2D eigenvalue weighted by Gasteiger charge is -2.09. The molecule has 0 aliphatic carbocycles. The van der Waals surface area contributed by atoms with Crippen LogP contribution < -0.4 is 4.74 Å². The average Bonchev–Trinajstić information content (AvgIpc) is 2.09. The predicted molar refractivity (Wildman–Crippen MR) is 55.1 cm³/mol. The van der Waals surface area contributed by atoms with Gasteiger partial charge < -0.3 is 4.74 Å². The number of aromatic nitrogens is 2. The molecule has 1 atom stereocenters. The Morgan fingerprint density at radius 3 is 2.58 bits per heavy atom. The zero-order valence-corrected chi connectivity index (χ0v) is 9.28. The first-order valence-electron chi connectivity index (χ1n) is 3.86. The standard InChI is InChI=1S/C8H11IN2O/c1-3-6(2)12-8-10-4-7(9)5-11-8/h4-6H,3H2,1-2H3. The molecule has 0 aliphatic heterocycles. The summed E-state index contributed by atoms with van der Waals surface area (Å²) in [5.41, 5.74) is 0. The molecule has 12 heavy (non-hydrogen) atoms. The first-order chi connectivity index (χ1) is 5.72. The van der Waals surface area contributed by atoms with Crippen LogP contribution in [0.2, 0.25) is 0 Å². The van der Waals surface area contributed by atoms with Gasteiger partial charge in [-0.3, -0.25) is 0 Å². The second-order valence-corrected chi connectivity index (χ2v) is 3.77. The van der Waals surface area contributed by atoms with Gasteiger partial charge in [-0.15, -0.1) is 0 Å². The van der Waals surface area contributed by atoms with E-state index in [4.69, 9.17) is 4.74 Å². The van der Waals surface area contributed by atoms with E-state index in [-0.39, 0.29) is 6.10 Å². The van der Waals surface area contributed by atoms with Gasteiger partial charge in [0.1, 0.15) is 0 Å². The minimum atomic E-state index is 0.185. The Morgan fingerprint density at radius 2 is 2.08 bits per heavy atom. The molecule has 1 unspecified atom stereocenters. The van der Waals surface area contributed by atoms with Crippen LogP contribution in [0.5, 0.6) is 6.01 Å². The topological polar surface area (TPSA) is 35.0 Å². The molecule has 0 saturated carbocycles. The number of hydrogen-bond donors (Lipinski definition) is 0. The smallest absolute Gasteiger partial charge is 0.316 e. The summed E-state index contributed by atoms with van der Waals surface area (Å²) in [6.07, 6.45) is 4.64. The van der Waals surface area contributed by atoms with Crippen LogP contribution in [0.15, 0.2) is 12.4 Å². The third-order valence-corrected chi connectivity index (χ3v) is 2.04. The molecule has 3 nitrogen and oxygen atoms in total. The highest BCUT2D eigenvalue weighted by atomic mass is 127. The Bertz CT molecular complexity index is 237. The van der Waals surface area contributed by atoms with Crippen molar-refractivity contribution in [2.75, 3.05) is 0 Å². The van der Waals surface area contributed by atoms with Gasteiger partial charge in [0.2, 0.25) is 0 Å². The largest absolute Gasteiger partial charge is 0.460 e. The Morgan fingerprint density at radius 1 is 1.50 bits per heavy atom. The highest BCUT2D eigenvalue weighted by Crippen LogP contribution is 2.07. The number of hydrogen-bond acceptors (Lipinski definition) is 3. The van der Waals surface area contributed by atoms with Crippen molar-refractivity contribution in [1.82, 2.24) is 9.97 Å². The van der Waals surface area contributed by atoms with Crippen LogP contribution in [0.3, 0.4) is 0 Å². The molecule has 0 radical (unpaired) electrons. The van der Waals surface area contributed by atoms with E-state index in [1.54, 1.807) is 12.4 Å². The Kier molecular flexibility index (Phi) is 3.71. The van der Waals surface area contributed by atoms with Crippen molar-refractivity contribution < 1.29 is 4.74 Å². The molecule has 0 spiro atoms. The summed E-state index contributed by atoms with van der Waals surface area (Å²) in [6, 6.07) is 0.463. The monoisotopic (exact) mass is 278 g/mol. The van der Waals surface area contributed by atoms with E-state index < -0.39 is 0 Å².